The summed E-state index contributed by atoms with van der Waals surface area (Å²) < 4.78 is 38.1. The van der Waals surface area contributed by atoms with E-state index in [1.54, 1.807) is 49.4 Å². The lowest BCUT2D eigenvalue weighted by Crippen LogP contribution is -2.29. The molecule has 128 valence electrons. The molecule has 0 aromatic heterocycles. The molecule has 0 saturated carbocycles. The second kappa shape index (κ2) is 7.44. The van der Waals surface area contributed by atoms with E-state index in [-0.39, 0.29) is 18.3 Å². The van der Waals surface area contributed by atoms with E-state index in [0.29, 0.717) is 23.4 Å². The first-order valence-electron chi connectivity index (χ1n) is 7.42. The summed E-state index contributed by atoms with van der Waals surface area (Å²) in [6, 6.07) is 12.4. The molecule has 0 bridgehead atoms. The van der Waals surface area contributed by atoms with Gasteiger partial charge in [-0.1, -0.05) is 18.2 Å². The molecule has 0 aliphatic carbocycles. The second-order valence-electron chi connectivity index (χ2n) is 5.25. The van der Waals surface area contributed by atoms with Crippen LogP contribution in [0.4, 0.5) is 10.1 Å². The number of rotatable bonds is 6. The molecule has 1 N–H and O–H groups in total. The molecule has 24 heavy (non-hydrogen) atoms. The molecule has 0 aliphatic rings. The molecule has 0 radical (unpaired) electrons. The van der Waals surface area contributed by atoms with Crippen molar-refractivity contribution in [2.45, 2.75) is 13.5 Å². The van der Waals surface area contributed by atoms with Gasteiger partial charge in [0, 0.05) is 24.2 Å². The van der Waals surface area contributed by atoms with Crippen molar-refractivity contribution in [3.63, 3.8) is 0 Å². The topological polar surface area (TPSA) is 66.5 Å². The Hall–Kier alpha value is -2.41. The Kier molecular flexibility index (Phi) is 5.56. The summed E-state index contributed by atoms with van der Waals surface area (Å²) in [4.78, 5) is 12.1. The molecule has 5 nitrogen and oxygen atoms in total. The van der Waals surface area contributed by atoms with Gasteiger partial charge in [0.2, 0.25) is 10.0 Å². The zero-order chi connectivity index (χ0) is 17.7. The average Bonchev–Trinajstić information content (AvgIpc) is 2.54. The van der Waals surface area contributed by atoms with Gasteiger partial charge in [0.25, 0.3) is 5.91 Å². The van der Waals surface area contributed by atoms with Crippen LogP contribution in [0.1, 0.15) is 22.8 Å². The van der Waals surface area contributed by atoms with Crippen LogP contribution < -0.4 is 9.62 Å². The Morgan fingerprint density at radius 1 is 1.12 bits per heavy atom. The highest BCUT2D eigenvalue weighted by atomic mass is 32.2. The van der Waals surface area contributed by atoms with Crippen LogP contribution in [0, 0.1) is 5.82 Å². The third kappa shape index (κ3) is 4.32. The third-order valence-corrected chi connectivity index (χ3v) is 4.77. The van der Waals surface area contributed by atoms with Gasteiger partial charge in [0.05, 0.1) is 11.9 Å². The van der Waals surface area contributed by atoms with E-state index in [1.807, 2.05) is 0 Å². The predicted molar refractivity (Wildman–Crippen MR) is 91.9 cm³/mol. The first-order chi connectivity index (χ1) is 11.3. The molecule has 7 heteroatoms. The van der Waals surface area contributed by atoms with Gasteiger partial charge in [0.15, 0.2) is 0 Å². The largest absolute Gasteiger partial charge is 0.348 e. The third-order valence-electron chi connectivity index (χ3n) is 3.50. The summed E-state index contributed by atoms with van der Waals surface area (Å²) >= 11 is 0. The second-order valence-corrected chi connectivity index (χ2v) is 7.16. The van der Waals surface area contributed by atoms with E-state index in [1.165, 1.54) is 10.4 Å². The minimum atomic E-state index is -3.36. The lowest BCUT2D eigenvalue weighted by molar-refractivity contribution is 0.0950. The zero-order valence-electron chi connectivity index (χ0n) is 13.5. The highest BCUT2D eigenvalue weighted by molar-refractivity contribution is 7.92. The van der Waals surface area contributed by atoms with E-state index in [4.69, 9.17) is 0 Å². The maximum Gasteiger partial charge on any atom is 0.251 e. The average molecular weight is 350 g/mol. The minimum Gasteiger partial charge on any atom is -0.348 e. The number of nitrogens with one attached hydrogen (secondary N) is 1. The Morgan fingerprint density at radius 2 is 1.75 bits per heavy atom. The number of nitrogens with zero attached hydrogens (tertiary/aromatic N) is 1. The molecule has 2 aromatic rings. The fourth-order valence-electron chi connectivity index (χ4n) is 2.31. The molecule has 0 saturated heterocycles. The van der Waals surface area contributed by atoms with Gasteiger partial charge in [-0.3, -0.25) is 9.10 Å². The van der Waals surface area contributed by atoms with Crippen LogP contribution in [0.3, 0.4) is 0 Å². The van der Waals surface area contributed by atoms with Crippen LogP contribution in [0.25, 0.3) is 0 Å². The fraction of sp³-hybridized carbons (Fsp3) is 0.235. The van der Waals surface area contributed by atoms with Crippen molar-refractivity contribution in [2.75, 3.05) is 17.1 Å². The van der Waals surface area contributed by atoms with Crippen molar-refractivity contribution in [1.29, 1.82) is 0 Å². The van der Waals surface area contributed by atoms with Crippen LogP contribution >= 0.6 is 0 Å². The molecule has 0 atom stereocenters. The number of halogens is 1. The molecule has 2 aromatic carbocycles. The monoisotopic (exact) mass is 350 g/mol. The molecule has 0 spiro atoms. The fourth-order valence-corrected chi connectivity index (χ4v) is 3.28. The first-order valence-corrected chi connectivity index (χ1v) is 9.27. The molecule has 0 unspecified atom stereocenters. The van der Waals surface area contributed by atoms with Crippen LogP contribution in [-0.4, -0.2) is 27.1 Å². The molecule has 2 rings (SSSR count). The summed E-state index contributed by atoms with van der Waals surface area (Å²) in [5.74, 6) is -0.730. The molecule has 0 heterocycles. The van der Waals surface area contributed by atoms with Crippen molar-refractivity contribution in [3.8, 4) is 0 Å². The van der Waals surface area contributed by atoms with E-state index < -0.39 is 10.0 Å². The minimum absolute atomic E-state index is 0.0810. The van der Waals surface area contributed by atoms with Crippen LogP contribution in [0.2, 0.25) is 0 Å². The normalized spacial score (nSPS) is 11.1. The van der Waals surface area contributed by atoms with Crippen molar-refractivity contribution in [3.05, 3.63) is 65.5 Å². The van der Waals surface area contributed by atoms with E-state index in [9.17, 15) is 17.6 Å². The number of hydrogen-bond donors (Lipinski definition) is 1. The number of benzene rings is 2. The lowest BCUT2D eigenvalue weighted by atomic mass is 10.1. The smallest absolute Gasteiger partial charge is 0.251 e. The lowest BCUT2D eigenvalue weighted by Gasteiger charge is -2.20. The highest BCUT2D eigenvalue weighted by Crippen LogP contribution is 2.18. The van der Waals surface area contributed by atoms with Gasteiger partial charge in [-0.25, -0.2) is 12.8 Å². The first kappa shape index (κ1) is 17.9. The number of carbonyl (C=O) groups excluding carboxylic acids is 1. The molecule has 0 fully saturated rings. The van der Waals surface area contributed by atoms with Crippen molar-refractivity contribution >= 4 is 21.6 Å². The summed E-state index contributed by atoms with van der Waals surface area (Å²) in [5.41, 5.74) is 1.27. The Balaban J connectivity index is 2.07. The summed E-state index contributed by atoms with van der Waals surface area (Å²) in [5, 5.41) is 2.64. The zero-order valence-corrected chi connectivity index (χ0v) is 14.3. The van der Waals surface area contributed by atoms with Crippen molar-refractivity contribution in [2.24, 2.45) is 0 Å². The predicted octanol–water partition coefficient (Wildman–Crippen LogP) is 2.54. The standard InChI is InChI=1S/C17H19FN2O3S/c1-3-20(24(2,22)23)15-10-8-13(9-11-15)17(21)19-12-14-6-4-5-7-16(14)18/h4-11H,3,12H2,1-2H3,(H,19,21). The highest BCUT2D eigenvalue weighted by Gasteiger charge is 2.15. The number of anilines is 1. The van der Waals surface area contributed by atoms with E-state index in [2.05, 4.69) is 5.32 Å². The maximum absolute atomic E-state index is 13.5. The number of hydrogen-bond acceptors (Lipinski definition) is 3. The van der Waals surface area contributed by atoms with Gasteiger partial charge >= 0.3 is 0 Å². The summed E-state index contributed by atoms with van der Waals surface area (Å²) in [6.45, 7) is 2.12. The van der Waals surface area contributed by atoms with E-state index in [0.717, 1.165) is 6.26 Å². The molecular weight excluding hydrogens is 331 g/mol. The number of amides is 1. The van der Waals surface area contributed by atoms with Crippen LogP contribution in [-0.2, 0) is 16.6 Å². The molecule has 1 amide bonds. The quantitative estimate of drug-likeness (QED) is 0.871. The Morgan fingerprint density at radius 3 is 2.29 bits per heavy atom. The van der Waals surface area contributed by atoms with Gasteiger partial charge in [0.1, 0.15) is 5.82 Å². The Bertz CT molecular complexity index is 820. The van der Waals surface area contributed by atoms with Gasteiger partial charge < -0.3 is 5.32 Å². The van der Waals surface area contributed by atoms with Gasteiger partial charge in [-0.15, -0.1) is 0 Å². The maximum atomic E-state index is 13.5. The Labute approximate surface area is 141 Å². The van der Waals surface area contributed by atoms with Crippen molar-refractivity contribution < 1.29 is 17.6 Å². The summed E-state index contributed by atoms with van der Waals surface area (Å²) in [7, 11) is -3.36. The number of carbonyl (C=O) groups is 1. The number of sulfonamides is 1. The van der Waals surface area contributed by atoms with Gasteiger partial charge in [-0.2, -0.15) is 0 Å². The van der Waals surface area contributed by atoms with Crippen LogP contribution in [0.5, 0.6) is 0 Å². The SMILES string of the molecule is CCN(c1ccc(C(=O)NCc2ccccc2F)cc1)S(C)(=O)=O. The molecule has 0 aliphatic heterocycles. The molecular formula is C17H19FN2O3S. The van der Waals surface area contributed by atoms with Crippen LogP contribution in [0.15, 0.2) is 48.5 Å². The van der Waals surface area contributed by atoms with E-state index >= 15 is 0 Å². The summed E-state index contributed by atoms with van der Waals surface area (Å²) in [6.07, 6.45) is 1.13. The van der Waals surface area contributed by atoms with Crippen molar-refractivity contribution in [1.82, 2.24) is 5.32 Å². The van der Waals surface area contributed by atoms with Gasteiger partial charge in [-0.05, 0) is 37.3 Å².